The van der Waals surface area contributed by atoms with E-state index in [0.29, 0.717) is 18.0 Å². The van der Waals surface area contributed by atoms with Gasteiger partial charge in [0.25, 0.3) is 0 Å². The van der Waals surface area contributed by atoms with Crippen LogP contribution < -0.4 is 10.5 Å². The molecule has 0 aromatic heterocycles. The summed E-state index contributed by atoms with van der Waals surface area (Å²) in [5, 5.41) is 0. The molecule has 19 heavy (non-hydrogen) atoms. The highest BCUT2D eigenvalue weighted by atomic mass is 16.5. The van der Waals surface area contributed by atoms with Gasteiger partial charge in [-0.1, -0.05) is 6.07 Å². The van der Waals surface area contributed by atoms with Crippen LogP contribution in [-0.4, -0.2) is 32.1 Å². The molecule has 0 bridgehead atoms. The monoisotopic (exact) mass is 262 g/mol. The molecule has 0 aliphatic heterocycles. The molecule has 0 heterocycles. The third-order valence-electron chi connectivity index (χ3n) is 4.38. The van der Waals surface area contributed by atoms with Gasteiger partial charge in [-0.25, -0.2) is 0 Å². The third-order valence-corrected chi connectivity index (χ3v) is 4.38. The molecule has 0 amide bonds. The van der Waals surface area contributed by atoms with E-state index in [0.717, 1.165) is 18.6 Å². The molecule has 3 heteroatoms. The summed E-state index contributed by atoms with van der Waals surface area (Å²) in [5.74, 6) is 1.64. The van der Waals surface area contributed by atoms with E-state index in [-0.39, 0.29) is 0 Å². The topological polar surface area (TPSA) is 38.5 Å². The number of aryl methyl sites for hydroxylation is 2. The quantitative estimate of drug-likeness (QED) is 0.906. The van der Waals surface area contributed by atoms with E-state index >= 15 is 0 Å². The van der Waals surface area contributed by atoms with Crippen molar-refractivity contribution < 1.29 is 4.74 Å². The molecule has 1 aromatic rings. The summed E-state index contributed by atoms with van der Waals surface area (Å²) >= 11 is 0. The Bertz CT molecular complexity index is 450. The largest absolute Gasteiger partial charge is 0.496 e. The second-order valence-electron chi connectivity index (χ2n) is 6.08. The molecule has 1 aromatic carbocycles. The first-order valence-corrected chi connectivity index (χ1v) is 7.01. The number of nitrogens with two attached hydrogens (primary N) is 1. The van der Waals surface area contributed by atoms with Crippen molar-refractivity contribution in [3.8, 4) is 5.75 Å². The van der Waals surface area contributed by atoms with Crippen LogP contribution in [-0.2, 0) is 0 Å². The molecule has 2 N–H and O–H groups in total. The molecular formula is C16H26N2O. The Morgan fingerprint density at radius 1 is 1.21 bits per heavy atom. The summed E-state index contributed by atoms with van der Waals surface area (Å²) in [6, 6.07) is 5.21. The van der Waals surface area contributed by atoms with Gasteiger partial charge in [0, 0.05) is 17.6 Å². The molecule has 0 radical (unpaired) electrons. The van der Waals surface area contributed by atoms with Crippen LogP contribution >= 0.6 is 0 Å². The summed E-state index contributed by atoms with van der Waals surface area (Å²) in [5.41, 5.74) is 9.86. The fraction of sp³-hybridized carbons (Fsp3) is 0.625. The fourth-order valence-corrected chi connectivity index (χ4v) is 3.14. The maximum Gasteiger partial charge on any atom is 0.123 e. The van der Waals surface area contributed by atoms with Crippen LogP contribution in [0.25, 0.3) is 0 Å². The lowest BCUT2D eigenvalue weighted by Gasteiger charge is -2.42. The molecule has 0 spiro atoms. The van der Waals surface area contributed by atoms with E-state index < -0.39 is 0 Å². The van der Waals surface area contributed by atoms with Gasteiger partial charge in [0.15, 0.2) is 0 Å². The van der Waals surface area contributed by atoms with E-state index in [1.807, 2.05) is 0 Å². The van der Waals surface area contributed by atoms with Crippen LogP contribution in [0.15, 0.2) is 12.1 Å². The van der Waals surface area contributed by atoms with Crippen molar-refractivity contribution in [2.45, 2.75) is 38.8 Å². The van der Waals surface area contributed by atoms with Gasteiger partial charge < -0.3 is 15.4 Å². The summed E-state index contributed by atoms with van der Waals surface area (Å²) in [7, 11) is 6.04. The smallest absolute Gasteiger partial charge is 0.123 e. The molecular weight excluding hydrogens is 236 g/mol. The van der Waals surface area contributed by atoms with Gasteiger partial charge in [0.1, 0.15) is 5.75 Å². The molecule has 2 rings (SSSR count). The van der Waals surface area contributed by atoms with Crippen LogP contribution in [0.4, 0.5) is 0 Å². The maximum absolute atomic E-state index is 5.96. The maximum atomic E-state index is 5.96. The van der Waals surface area contributed by atoms with Gasteiger partial charge in [0.05, 0.1) is 7.11 Å². The third kappa shape index (κ3) is 2.77. The average molecular weight is 262 g/mol. The molecule has 1 saturated carbocycles. The van der Waals surface area contributed by atoms with Crippen LogP contribution in [0.3, 0.4) is 0 Å². The Kier molecular flexibility index (Phi) is 4.16. The minimum Gasteiger partial charge on any atom is -0.496 e. The first-order chi connectivity index (χ1) is 8.93. The molecule has 1 fully saturated rings. The first kappa shape index (κ1) is 14.4. The zero-order valence-electron chi connectivity index (χ0n) is 12.7. The Morgan fingerprint density at radius 3 is 2.26 bits per heavy atom. The zero-order valence-corrected chi connectivity index (χ0v) is 12.7. The van der Waals surface area contributed by atoms with Crippen molar-refractivity contribution in [1.29, 1.82) is 0 Å². The predicted octanol–water partition coefficient (Wildman–Crippen LogP) is 2.65. The summed E-state index contributed by atoms with van der Waals surface area (Å²) in [6.45, 7) is 4.29. The average Bonchev–Trinajstić information content (AvgIpc) is 2.31. The van der Waals surface area contributed by atoms with Crippen molar-refractivity contribution in [3.05, 3.63) is 28.8 Å². The lowest BCUT2D eigenvalue weighted by molar-refractivity contribution is 0.121. The second-order valence-corrected chi connectivity index (χ2v) is 6.08. The molecule has 3 nitrogen and oxygen atoms in total. The van der Waals surface area contributed by atoms with Crippen LogP contribution in [0.2, 0.25) is 0 Å². The lowest BCUT2D eigenvalue weighted by Crippen LogP contribution is -2.43. The number of methoxy groups -OCH3 is 1. The van der Waals surface area contributed by atoms with Gasteiger partial charge in [-0.3, -0.25) is 0 Å². The Morgan fingerprint density at radius 2 is 1.79 bits per heavy atom. The van der Waals surface area contributed by atoms with Crippen molar-refractivity contribution in [3.63, 3.8) is 0 Å². The van der Waals surface area contributed by atoms with Crippen molar-refractivity contribution in [1.82, 2.24) is 4.90 Å². The van der Waals surface area contributed by atoms with Gasteiger partial charge in [-0.05, 0) is 63.9 Å². The lowest BCUT2D eigenvalue weighted by atomic mass is 9.73. The number of nitrogens with zero attached hydrogens (tertiary/aromatic N) is 1. The molecule has 1 aliphatic rings. The van der Waals surface area contributed by atoms with Crippen molar-refractivity contribution >= 4 is 0 Å². The predicted molar refractivity (Wildman–Crippen MR) is 79.6 cm³/mol. The van der Waals surface area contributed by atoms with Crippen molar-refractivity contribution in [2.75, 3.05) is 21.2 Å². The molecule has 1 unspecified atom stereocenters. The second kappa shape index (κ2) is 5.51. The van der Waals surface area contributed by atoms with E-state index in [1.54, 1.807) is 7.11 Å². The first-order valence-electron chi connectivity index (χ1n) is 7.01. The van der Waals surface area contributed by atoms with Gasteiger partial charge >= 0.3 is 0 Å². The van der Waals surface area contributed by atoms with E-state index in [2.05, 4.69) is 45.0 Å². The number of rotatable bonds is 4. The number of ether oxygens (including phenoxy) is 1. The van der Waals surface area contributed by atoms with Gasteiger partial charge in [0.2, 0.25) is 0 Å². The van der Waals surface area contributed by atoms with E-state index in [9.17, 15) is 0 Å². The Labute approximate surface area is 116 Å². The van der Waals surface area contributed by atoms with E-state index in [4.69, 9.17) is 10.5 Å². The summed E-state index contributed by atoms with van der Waals surface area (Å²) in [6.07, 6.45) is 2.22. The van der Waals surface area contributed by atoms with Crippen LogP contribution in [0.5, 0.6) is 5.75 Å². The normalized spacial score (nSPS) is 24.2. The SMILES string of the molecule is COc1cc(C)c(C)cc1C(C1CC(N)C1)N(C)C. The molecule has 1 atom stereocenters. The number of benzene rings is 1. The van der Waals surface area contributed by atoms with Crippen LogP contribution in [0, 0.1) is 19.8 Å². The summed E-state index contributed by atoms with van der Waals surface area (Å²) < 4.78 is 5.60. The molecule has 106 valence electrons. The highest BCUT2D eigenvalue weighted by Crippen LogP contribution is 2.43. The minimum atomic E-state index is 0.380. The Hall–Kier alpha value is -1.06. The molecule has 1 aliphatic carbocycles. The highest BCUT2D eigenvalue weighted by molar-refractivity contribution is 5.44. The number of hydrogen-bond acceptors (Lipinski definition) is 3. The van der Waals surface area contributed by atoms with Gasteiger partial charge in [-0.15, -0.1) is 0 Å². The van der Waals surface area contributed by atoms with Crippen molar-refractivity contribution in [2.24, 2.45) is 11.7 Å². The summed E-state index contributed by atoms with van der Waals surface area (Å²) in [4.78, 5) is 2.29. The molecule has 0 saturated heterocycles. The van der Waals surface area contributed by atoms with Crippen LogP contribution in [0.1, 0.15) is 35.6 Å². The highest BCUT2D eigenvalue weighted by Gasteiger charge is 2.36. The Balaban J connectivity index is 2.38. The zero-order chi connectivity index (χ0) is 14.2. The minimum absolute atomic E-state index is 0.380. The fourth-order valence-electron chi connectivity index (χ4n) is 3.14. The number of hydrogen-bond donors (Lipinski definition) is 1. The van der Waals surface area contributed by atoms with E-state index in [1.165, 1.54) is 16.7 Å². The standard InChI is InChI=1S/C16H26N2O/c1-10-6-14(15(19-5)7-11(10)2)16(18(3)4)12-8-13(17)9-12/h6-7,12-13,16H,8-9,17H2,1-5H3. The van der Waals surface area contributed by atoms with Gasteiger partial charge in [-0.2, -0.15) is 0 Å².